The van der Waals surface area contributed by atoms with Crippen LogP contribution in [0.5, 0.6) is 0 Å². The zero-order chi connectivity index (χ0) is 34.1. The monoisotopic (exact) mass is 683 g/mol. The number of carbonyl (C=O) groups excluding carboxylic acids is 3. The summed E-state index contributed by atoms with van der Waals surface area (Å²) >= 11 is 0.688. The molecule has 2 aliphatic rings. The van der Waals surface area contributed by atoms with E-state index in [0.717, 1.165) is 25.0 Å². The van der Waals surface area contributed by atoms with E-state index >= 15 is 0 Å². The number of thiazole rings is 1. The Labute approximate surface area is 270 Å². The van der Waals surface area contributed by atoms with E-state index < -0.39 is 52.9 Å². The molecular formula is C30H34F5N7O4S. The number of hydrogen-bond donors (Lipinski definition) is 3. The van der Waals surface area contributed by atoms with E-state index in [1.807, 2.05) is 4.90 Å². The van der Waals surface area contributed by atoms with Crippen LogP contribution in [0.4, 0.5) is 43.3 Å². The van der Waals surface area contributed by atoms with Gasteiger partial charge in [-0.25, -0.2) is 23.2 Å². The van der Waals surface area contributed by atoms with Crippen molar-refractivity contribution in [1.82, 2.24) is 20.1 Å². The minimum Gasteiger partial charge on any atom is -0.444 e. The summed E-state index contributed by atoms with van der Waals surface area (Å²) < 4.78 is 75.0. The standard InChI is InChI=1S/C30H34F5N7O4S/c1-29(2,3)46-28(45)40-25-22(39-24(47-25)21-18(31)7-4-8-19(21)32)23(43)38-20-14-36-42(15-16-9-10-16)26(20)41-12-5-6-17(11-13-41)37-27(44)30(33,34)35/h4,7-8,14,16-17H,5-6,9-13,15H2,1-3H3,(H,37,44)(H,38,43)(H,40,45)/t17-/m1/s1. The predicted octanol–water partition coefficient (Wildman–Crippen LogP) is 6.33. The number of hydrogen-bond acceptors (Lipinski definition) is 8. The van der Waals surface area contributed by atoms with Crippen LogP contribution < -0.4 is 20.9 Å². The van der Waals surface area contributed by atoms with E-state index in [2.05, 4.69) is 26.0 Å². The molecule has 5 rings (SSSR count). The van der Waals surface area contributed by atoms with Crippen molar-refractivity contribution in [3.8, 4) is 10.6 Å². The van der Waals surface area contributed by atoms with Gasteiger partial charge in [-0.3, -0.25) is 14.9 Å². The Hall–Kier alpha value is -4.28. The molecule has 254 valence electrons. The van der Waals surface area contributed by atoms with E-state index in [1.54, 1.807) is 25.5 Å². The molecule has 3 amide bonds. The van der Waals surface area contributed by atoms with Gasteiger partial charge in [0.1, 0.15) is 32.9 Å². The fourth-order valence-corrected chi connectivity index (χ4v) is 6.14. The minimum absolute atomic E-state index is 0.112. The van der Waals surface area contributed by atoms with Crippen LogP contribution in [-0.2, 0) is 16.1 Å². The summed E-state index contributed by atoms with van der Waals surface area (Å²) in [5.41, 5.74) is -1.42. The summed E-state index contributed by atoms with van der Waals surface area (Å²) in [7, 11) is 0. The average Bonchev–Trinajstić information content (AvgIpc) is 3.63. The van der Waals surface area contributed by atoms with Crippen LogP contribution in [0, 0.1) is 17.6 Å². The van der Waals surface area contributed by atoms with Crippen molar-refractivity contribution in [3.63, 3.8) is 0 Å². The number of ether oxygens (including phenoxy) is 1. The highest BCUT2D eigenvalue weighted by molar-refractivity contribution is 7.19. The first-order valence-electron chi connectivity index (χ1n) is 15.0. The molecule has 1 aromatic carbocycles. The van der Waals surface area contributed by atoms with Crippen LogP contribution in [0.15, 0.2) is 24.4 Å². The molecule has 1 aliphatic carbocycles. The van der Waals surface area contributed by atoms with E-state index in [-0.39, 0.29) is 34.4 Å². The van der Waals surface area contributed by atoms with E-state index in [4.69, 9.17) is 4.74 Å². The molecule has 47 heavy (non-hydrogen) atoms. The zero-order valence-corrected chi connectivity index (χ0v) is 26.7. The molecule has 0 radical (unpaired) electrons. The topological polar surface area (TPSA) is 130 Å². The third-order valence-electron chi connectivity index (χ3n) is 7.44. The summed E-state index contributed by atoms with van der Waals surface area (Å²) in [5.74, 6) is -3.73. The Balaban J connectivity index is 1.43. The molecule has 17 heteroatoms. The van der Waals surface area contributed by atoms with E-state index in [9.17, 15) is 36.3 Å². The van der Waals surface area contributed by atoms with Crippen molar-refractivity contribution in [1.29, 1.82) is 0 Å². The number of alkyl halides is 3. The van der Waals surface area contributed by atoms with E-state index in [0.29, 0.717) is 49.0 Å². The summed E-state index contributed by atoms with van der Waals surface area (Å²) in [4.78, 5) is 44.1. The van der Waals surface area contributed by atoms with Gasteiger partial charge in [-0.2, -0.15) is 18.3 Å². The normalized spacial score (nSPS) is 17.2. The molecule has 3 aromatic rings. The molecule has 1 aliphatic heterocycles. The highest BCUT2D eigenvalue weighted by Gasteiger charge is 2.40. The van der Waals surface area contributed by atoms with Gasteiger partial charge in [-0.05, 0) is 70.9 Å². The number of aromatic nitrogens is 3. The number of amides is 3. The lowest BCUT2D eigenvalue weighted by molar-refractivity contribution is -0.174. The molecule has 0 unspecified atom stereocenters. The number of nitrogens with one attached hydrogen (secondary N) is 3. The van der Waals surface area contributed by atoms with Gasteiger partial charge in [0.25, 0.3) is 5.91 Å². The van der Waals surface area contributed by atoms with Crippen molar-refractivity contribution in [2.24, 2.45) is 5.92 Å². The summed E-state index contributed by atoms with van der Waals surface area (Å²) in [6.45, 7) is 6.15. The van der Waals surface area contributed by atoms with Crippen LogP contribution >= 0.6 is 11.3 Å². The molecule has 1 saturated heterocycles. The summed E-state index contributed by atoms with van der Waals surface area (Å²) in [5, 5.41) is 11.4. The molecule has 2 fully saturated rings. The van der Waals surface area contributed by atoms with Crippen molar-refractivity contribution in [2.45, 2.75) is 77.2 Å². The fraction of sp³-hybridized carbons (Fsp3) is 0.500. The van der Waals surface area contributed by atoms with Gasteiger partial charge in [-0.1, -0.05) is 17.4 Å². The molecule has 0 spiro atoms. The average molecular weight is 684 g/mol. The Morgan fingerprint density at radius 1 is 1.02 bits per heavy atom. The number of benzene rings is 1. The second-order valence-corrected chi connectivity index (χ2v) is 13.5. The largest absolute Gasteiger partial charge is 0.471 e. The Morgan fingerprint density at radius 2 is 1.72 bits per heavy atom. The first kappa shape index (κ1) is 34.1. The van der Waals surface area contributed by atoms with Crippen molar-refractivity contribution >= 4 is 45.8 Å². The van der Waals surface area contributed by atoms with Gasteiger partial charge in [0.05, 0.1) is 11.8 Å². The lowest BCUT2D eigenvalue weighted by Crippen LogP contribution is -2.43. The molecule has 3 N–H and O–H groups in total. The molecule has 3 heterocycles. The maximum Gasteiger partial charge on any atom is 0.471 e. The molecule has 2 aromatic heterocycles. The Morgan fingerprint density at radius 3 is 2.36 bits per heavy atom. The molecule has 1 saturated carbocycles. The Kier molecular flexibility index (Phi) is 9.75. The number of anilines is 3. The van der Waals surface area contributed by atoms with Crippen molar-refractivity contribution in [3.05, 3.63) is 41.7 Å². The highest BCUT2D eigenvalue weighted by atomic mass is 32.1. The van der Waals surface area contributed by atoms with Crippen molar-refractivity contribution < 1.29 is 41.1 Å². The van der Waals surface area contributed by atoms with Crippen LogP contribution in [0.2, 0.25) is 0 Å². The highest BCUT2D eigenvalue weighted by Crippen LogP contribution is 2.38. The molecule has 11 nitrogen and oxygen atoms in total. The maximum atomic E-state index is 14.7. The lowest BCUT2D eigenvalue weighted by Gasteiger charge is -2.25. The Bertz CT molecular complexity index is 1630. The third kappa shape index (κ3) is 8.55. The summed E-state index contributed by atoms with van der Waals surface area (Å²) in [6, 6.07) is 2.58. The van der Waals surface area contributed by atoms with E-state index in [1.165, 1.54) is 12.3 Å². The van der Waals surface area contributed by atoms with Crippen LogP contribution in [0.1, 0.15) is 63.4 Å². The minimum atomic E-state index is -4.99. The van der Waals surface area contributed by atoms with Crippen LogP contribution in [0.25, 0.3) is 10.6 Å². The molecular weight excluding hydrogens is 649 g/mol. The fourth-order valence-electron chi connectivity index (χ4n) is 5.14. The second-order valence-electron chi connectivity index (χ2n) is 12.5. The first-order valence-corrected chi connectivity index (χ1v) is 15.9. The number of halogens is 5. The third-order valence-corrected chi connectivity index (χ3v) is 8.43. The smallest absolute Gasteiger partial charge is 0.444 e. The number of nitrogens with zero attached hydrogens (tertiary/aromatic N) is 4. The number of carbonyl (C=O) groups is 3. The predicted molar refractivity (Wildman–Crippen MR) is 164 cm³/mol. The summed E-state index contributed by atoms with van der Waals surface area (Å²) in [6.07, 6.45) is -1.46. The zero-order valence-electron chi connectivity index (χ0n) is 25.8. The van der Waals surface area contributed by atoms with Gasteiger partial charge in [0, 0.05) is 25.7 Å². The van der Waals surface area contributed by atoms with Gasteiger partial charge >= 0.3 is 18.2 Å². The van der Waals surface area contributed by atoms with Gasteiger partial charge in [0.15, 0.2) is 11.5 Å². The lowest BCUT2D eigenvalue weighted by atomic mass is 10.1. The molecule has 0 bridgehead atoms. The maximum absolute atomic E-state index is 14.7. The van der Waals surface area contributed by atoms with Crippen LogP contribution in [-0.4, -0.2) is 63.6 Å². The quantitative estimate of drug-likeness (QED) is 0.237. The van der Waals surface area contributed by atoms with Crippen LogP contribution in [0.3, 0.4) is 0 Å². The van der Waals surface area contributed by atoms with Crippen molar-refractivity contribution in [2.75, 3.05) is 28.6 Å². The number of rotatable bonds is 8. The van der Waals surface area contributed by atoms with Gasteiger partial charge < -0.3 is 20.3 Å². The van der Waals surface area contributed by atoms with Gasteiger partial charge in [0.2, 0.25) is 0 Å². The SMILES string of the molecule is CC(C)(C)OC(=O)Nc1sc(-c2c(F)cccc2F)nc1C(=O)Nc1cnn(CC2CC2)c1N1CCC[C@@H](NC(=O)C(F)(F)F)CC1. The van der Waals surface area contributed by atoms with Gasteiger partial charge in [-0.15, -0.1) is 0 Å². The first-order chi connectivity index (χ1) is 22.1. The molecule has 1 atom stereocenters. The second kappa shape index (κ2) is 13.4.